The predicted octanol–water partition coefficient (Wildman–Crippen LogP) is 3.65. The summed E-state index contributed by atoms with van der Waals surface area (Å²) in [4.78, 5) is 10.5. The number of benzene rings is 1. The molecule has 0 spiro atoms. The highest BCUT2D eigenvalue weighted by Gasteiger charge is 2.20. The van der Waals surface area contributed by atoms with Gasteiger partial charge in [-0.05, 0) is 30.3 Å². The van der Waals surface area contributed by atoms with Crippen molar-refractivity contribution in [2.75, 3.05) is 23.3 Å². The number of pyridine rings is 2. The fourth-order valence-electron chi connectivity index (χ4n) is 2.94. The van der Waals surface area contributed by atoms with E-state index >= 15 is 0 Å². The third-order valence-electron chi connectivity index (χ3n) is 4.20. The minimum absolute atomic E-state index is 0.282. The van der Waals surface area contributed by atoms with Gasteiger partial charge in [0.2, 0.25) is 0 Å². The van der Waals surface area contributed by atoms with Gasteiger partial charge in [0, 0.05) is 48.7 Å². The lowest BCUT2D eigenvalue weighted by Gasteiger charge is -2.31. The molecule has 1 aliphatic rings. The van der Waals surface area contributed by atoms with E-state index in [-0.39, 0.29) is 6.54 Å². The van der Waals surface area contributed by atoms with E-state index in [1.165, 1.54) is 6.07 Å². The van der Waals surface area contributed by atoms with Crippen LogP contribution in [0.1, 0.15) is 5.56 Å². The minimum Gasteiger partial charge on any atom is -0.367 e. The maximum atomic E-state index is 14.0. The van der Waals surface area contributed by atoms with Crippen LogP contribution in [0.5, 0.6) is 0 Å². The van der Waals surface area contributed by atoms with Crippen molar-refractivity contribution in [3.05, 3.63) is 72.2 Å². The Balaban J connectivity index is 1.70. The fourth-order valence-corrected chi connectivity index (χ4v) is 2.94. The molecule has 2 aromatic heterocycles. The van der Waals surface area contributed by atoms with Crippen molar-refractivity contribution in [1.29, 1.82) is 0 Å². The molecular weight excluding hydrogens is 322 g/mol. The van der Waals surface area contributed by atoms with Crippen molar-refractivity contribution in [3.63, 3.8) is 0 Å². The Labute approximate surface area is 144 Å². The van der Waals surface area contributed by atoms with Crippen molar-refractivity contribution >= 4 is 11.5 Å². The van der Waals surface area contributed by atoms with Gasteiger partial charge < -0.3 is 10.2 Å². The fraction of sp³-hybridized carbons (Fsp3) is 0.158. The lowest BCUT2D eigenvalue weighted by molar-refractivity contribution is 0.580. The predicted molar refractivity (Wildman–Crippen MR) is 92.2 cm³/mol. The van der Waals surface area contributed by atoms with Crippen LogP contribution >= 0.6 is 0 Å². The quantitative estimate of drug-likeness (QED) is 0.792. The first-order valence-electron chi connectivity index (χ1n) is 7.96. The standard InChI is InChI=1S/C19H15F2N4/c20-16-3-4-17(21)15(8-16)12-25-7-6-23-19-18(25)9-14(11-24-19)13-2-1-5-22-10-13/h1-4,8-11H,6-7,12H2,(H,23,24). The molecule has 1 N–H and O–H groups in total. The Morgan fingerprint density at radius 1 is 1.12 bits per heavy atom. The van der Waals surface area contributed by atoms with E-state index in [1.54, 1.807) is 18.5 Å². The summed E-state index contributed by atoms with van der Waals surface area (Å²) < 4.78 is 27.5. The third kappa shape index (κ3) is 3.15. The minimum atomic E-state index is -0.440. The van der Waals surface area contributed by atoms with E-state index in [2.05, 4.69) is 21.5 Å². The molecule has 0 fully saturated rings. The number of halogens is 2. The Morgan fingerprint density at radius 2 is 2.04 bits per heavy atom. The Kier molecular flexibility index (Phi) is 4.01. The van der Waals surface area contributed by atoms with Crippen LogP contribution in [0, 0.1) is 17.8 Å². The summed E-state index contributed by atoms with van der Waals surface area (Å²) >= 11 is 0. The molecule has 0 amide bonds. The van der Waals surface area contributed by atoms with Crippen molar-refractivity contribution in [3.8, 4) is 11.1 Å². The number of fused-ring (bicyclic) bond motifs is 1. The summed E-state index contributed by atoms with van der Waals surface area (Å²) in [5, 5.41) is 3.24. The van der Waals surface area contributed by atoms with Gasteiger partial charge in [-0.2, -0.15) is 0 Å². The highest BCUT2D eigenvalue weighted by Crippen LogP contribution is 2.32. The number of nitrogens with zero attached hydrogens (tertiary/aromatic N) is 3. The van der Waals surface area contributed by atoms with E-state index in [0.29, 0.717) is 18.7 Å². The molecule has 0 bridgehead atoms. The summed E-state index contributed by atoms with van der Waals surface area (Å²) in [6, 6.07) is 9.17. The van der Waals surface area contributed by atoms with E-state index in [9.17, 15) is 8.78 Å². The number of hydrogen-bond acceptors (Lipinski definition) is 4. The molecule has 1 radical (unpaired) electrons. The average Bonchev–Trinajstić information content (AvgIpc) is 2.65. The van der Waals surface area contributed by atoms with Gasteiger partial charge in [0.25, 0.3) is 0 Å². The van der Waals surface area contributed by atoms with Crippen LogP contribution in [0.15, 0.2) is 48.8 Å². The summed E-state index contributed by atoms with van der Waals surface area (Å²) in [7, 11) is 0. The van der Waals surface area contributed by atoms with Gasteiger partial charge in [-0.15, -0.1) is 0 Å². The summed E-state index contributed by atoms with van der Waals surface area (Å²) in [5.74, 6) is -0.110. The van der Waals surface area contributed by atoms with Gasteiger partial charge in [-0.3, -0.25) is 4.98 Å². The molecule has 25 heavy (non-hydrogen) atoms. The first-order chi connectivity index (χ1) is 12.2. The van der Waals surface area contributed by atoms with Gasteiger partial charge in [0.05, 0.1) is 11.9 Å². The first kappa shape index (κ1) is 15.5. The molecule has 0 saturated heterocycles. The first-order valence-corrected chi connectivity index (χ1v) is 7.96. The van der Waals surface area contributed by atoms with E-state index in [1.807, 2.05) is 17.0 Å². The third-order valence-corrected chi connectivity index (χ3v) is 4.20. The largest absolute Gasteiger partial charge is 0.367 e. The molecule has 0 aliphatic carbocycles. The molecule has 1 aromatic carbocycles. The van der Waals surface area contributed by atoms with Crippen LogP contribution in [0.3, 0.4) is 0 Å². The molecule has 6 heteroatoms. The molecule has 3 heterocycles. The van der Waals surface area contributed by atoms with Gasteiger partial charge in [0.1, 0.15) is 17.5 Å². The molecule has 125 valence electrons. The second-order valence-electron chi connectivity index (χ2n) is 5.85. The number of nitrogens with one attached hydrogen (secondary N) is 1. The molecule has 0 saturated carbocycles. The molecule has 1 aliphatic heterocycles. The maximum Gasteiger partial charge on any atom is 0.149 e. The second kappa shape index (κ2) is 6.47. The lowest BCUT2D eigenvalue weighted by atomic mass is 10.1. The Morgan fingerprint density at radius 3 is 2.88 bits per heavy atom. The molecular formula is C19H15F2N4. The normalized spacial score (nSPS) is 13.3. The molecule has 0 atom stereocenters. The number of anilines is 2. The molecule has 4 nitrogen and oxygen atoms in total. The molecule has 0 unspecified atom stereocenters. The van der Waals surface area contributed by atoms with Gasteiger partial charge in [0.15, 0.2) is 0 Å². The topological polar surface area (TPSA) is 41.0 Å². The monoisotopic (exact) mass is 337 g/mol. The van der Waals surface area contributed by atoms with E-state index < -0.39 is 11.6 Å². The van der Waals surface area contributed by atoms with E-state index in [4.69, 9.17) is 0 Å². The van der Waals surface area contributed by atoms with Crippen LogP contribution in [0.25, 0.3) is 11.1 Å². The van der Waals surface area contributed by atoms with Crippen molar-refractivity contribution in [1.82, 2.24) is 9.97 Å². The van der Waals surface area contributed by atoms with E-state index in [0.717, 1.165) is 34.8 Å². The second-order valence-corrected chi connectivity index (χ2v) is 5.85. The van der Waals surface area contributed by atoms with Crippen molar-refractivity contribution in [2.24, 2.45) is 0 Å². The van der Waals surface area contributed by atoms with Crippen molar-refractivity contribution in [2.45, 2.75) is 6.54 Å². The zero-order chi connectivity index (χ0) is 17.2. The zero-order valence-corrected chi connectivity index (χ0v) is 13.3. The number of aromatic nitrogens is 2. The average molecular weight is 337 g/mol. The maximum absolute atomic E-state index is 14.0. The lowest BCUT2D eigenvalue weighted by Crippen LogP contribution is -2.34. The van der Waals surface area contributed by atoms with Crippen LogP contribution in [0.2, 0.25) is 0 Å². The summed E-state index contributed by atoms with van der Waals surface area (Å²) in [6.45, 7) is 1.65. The Hall–Kier alpha value is -3.02. The zero-order valence-electron chi connectivity index (χ0n) is 13.3. The summed E-state index contributed by atoms with van der Waals surface area (Å²) in [6.07, 6.45) is 6.24. The van der Waals surface area contributed by atoms with Crippen LogP contribution in [-0.2, 0) is 6.54 Å². The van der Waals surface area contributed by atoms with Crippen LogP contribution in [-0.4, -0.2) is 23.1 Å². The smallest absolute Gasteiger partial charge is 0.149 e. The van der Waals surface area contributed by atoms with Gasteiger partial charge in [-0.1, -0.05) is 6.07 Å². The highest BCUT2D eigenvalue weighted by atomic mass is 19.1. The number of rotatable bonds is 3. The number of hydrogen-bond donors (Lipinski definition) is 1. The SMILES string of the molecule is Fc1ccc(F)c(CN2CCNc3ncc(-c4cc[c]nc4)cc32)c1. The molecule has 3 aromatic rings. The van der Waals surface area contributed by atoms with Gasteiger partial charge in [-0.25, -0.2) is 13.8 Å². The Bertz CT molecular complexity index is 899. The van der Waals surface area contributed by atoms with Crippen LogP contribution < -0.4 is 10.2 Å². The van der Waals surface area contributed by atoms with Gasteiger partial charge >= 0.3 is 0 Å². The van der Waals surface area contributed by atoms with Crippen molar-refractivity contribution < 1.29 is 8.78 Å². The highest BCUT2D eigenvalue weighted by molar-refractivity contribution is 5.75. The summed E-state index contributed by atoms with van der Waals surface area (Å²) in [5.41, 5.74) is 3.03. The molecule has 4 rings (SSSR count). The van der Waals surface area contributed by atoms with Crippen LogP contribution in [0.4, 0.5) is 20.3 Å².